The van der Waals surface area contributed by atoms with Gasteiger partial charge in [-0.25, -0.2) is 9.37 Å². The van der Waals surface area contributed by atoms with Gasteiger partial charge < -0.3 is 20.0 Å². The van der Waals surface area contributed by atoms with Crippen LogP contribution >= 0.6 is 0 Å². The van der Waals surface area contributed by atoms with Crippen LogP contribution in [0, 0.1) is 19.7 Å². The second kappa shape index (κ2) is 7.49. The van der Waals surface area contributed by atoms with E-state index in [1.165, 1.54) is 12.1 Å². The van der Waals surface area contributed by atoms with Crippen LogP contribution in [0.5, 0.6) is 0 Å². The fourth-order valence-electron chi connectivity index (χ4n) is 2.57. The minimum Gasteiger partial charge on any atom is -0.364 e. The van der Waals surface area contributed by atoms with Gasteiger partial charge in [-0.05, 0) is 32.0 Å². The molecule has 0 spiro atoms. The summed E-state index contributed by atoms with van der Waals surface area (Å²) in [4.78, 5) is 33.9. The number of rotatable bonds is 6. The highest BCUT2D eigenvalue weighted by atomic mass is 19.1. The van der Waals surface area contributed by atoms with E-state index in [1.807, 2.05) is 0 Å². The summed E-state index contributed by atoms with van der Waals surface area (Å²) in [5, 5.41) is 2.69. The zero-order valence-corrected chi connectivity index (χ0v) is 14.5. The Morgan fingerprint density at radius 3 is 2.96 bits per heavy atom. The van der Waals surface area contributed by atoms with Gasteiger partial charge in [-0.1, -0.05) is 0 Å². The number of hydrogen-bond acceptors (Lipinski definition) is 4. The Kier molecular flexibility index (Phi) is 5.13. The molecular weight excluding hydrogens is 339 g/mol. The number of aromatic amines is 2. The monoisotopic (exact) mass is 358 g/mol. The number of carbonyl (C=O) groups excluding carboxylic acids is 1. The van der Waals surface area contributed by atoms with Gasteiger partial charge in [0.05, 0.1) is 17.6 Å². The van der Waals surface area contributed by atoms with Crippen LogP contribution in [0.1, 0.15) is 22.6 Å². The van der Waals surface area contributed by atoms with E-state index in [-0.39, 0.29) is 36.9 Å². The number of halogens is 1. The molecule has 26 heavy (non-hydrogen) atoms. The number of imidazole rings is 1. The molecule has 0 fully saturated rings. The Morgan fingerprint density at radius 1 is 1.35 bits per heavy atom. The second-order valence-corrected chi connectivity index (χ2v) is 6.02. The quantitative estimate of drug-likeness (QED) is 0.626. The van der Waals surface area contributed by atoms with E-state index in [1.54, 1.807) is 26.1 Å². The third kappa shape index (κ3) is 3.97. The Bertz CT molecular complexity index is 1010. The molecule has 0 saturated heterocycles. The number of carbonyl (C=O) groups is 1. The van der Waals surface area contributed by atoms with Gasteiger partial charge in [0.1, 0.15) is 24.9 Å². The summed E-state index contributed by atoms with van der Waals surface area (Å²) >= 11 is 0. The third-order valence-corrected chi connectivity index (χ3v) is 4.04. The maximum Gasteiger partial charge on any atom is 0.246 e. The van der Waals surface area contributed by atoms with Crippen molar-refractivity contribution in [3.8, 4) is 0 Å². The third-order valence-electron chi connectivity index (χ3n) is 4.04. The van der Waals surface area contributed by atoms with E-state index in [9.17, 15) is 14.0 Å². The summed E-state index contributed by atoms with van der Waals surface area (Å²) in [5.74, 6) is -0.150. The number of benzene rings is 1. The molecule has 0 bridgehead atoms. The molecule has 3 N–H and O–H groups in total. The van der Waals surface area contributed by atoms with Crippen LogP contribution in [0.3, 0.4) is 0 Å². The summed E-state index contributed by atoms with van der Waals surface area (Å²) in [5.41, 5.74) is 3.05. The van der Waals surface area contributed by atoms with Crippen molar-refractivity contribution >= 4 is 16.9 Å². The molecule has 8 heteroatoms. The van der Waals surface area contributed by atoms with Crippen LogP contribution < -0.4 is 10.7 Å². The number of hydrogen-bond donors (Lipinski definition) is 3. The van der Waals surface area contributed by atoms with Crippen molar-refractivity contribution in [3.63, 3.8) is 0 Å². The molecule has 0 aliphatic carbocycles. The molecule has 3 rings (SSSR count). The first kappa shape index (κ1) is 17.8. The highest BCUT2D eigenvalue weighted by molar-refractivity contribution is 5.77. The molecule has 0 aliphatic rings. The van der Waals surface area contributed by atoms with Crippen LogP contribution in [0.15, 0.2) is 29.2 Å². The standard InChI is InChI=1S/C18H19FN4O3/c1-10-6-20-15(11(2)18(10)25)7-21-17(24)9-26-8-16-22-13-4-3-12(19)5-14(13)23-16/h3-6H,7-9H2,1-2H3,(H,20,25)(H,21,24)(H,22,23). The lowest BCUT2D eigenvalue weighted by Crippen LogP contribution is -2.29. The minimum atomic E-state index is -0.350. The summed E-state index contributed by atoms with van der Waals surface area (Å²) in [6, 6.07) is 4.25. The molecule has 0 atom stereocenters. The van der Waals surface area contributed by atoms with Crippen LogP contribution in [0.25, 0.3) is 11.0 Å². The van der Waals surface area contributed by atoms with Gasteiger partial charge in [-0.3, -0.25) is 9.59 Å². The summed E-state index contributed by atoms with van der Waals surface area (Å²) in [7, 11) is 0. The SMILES string of the molecule is Cc1c[nH]c(CNC(=O)COCc2nc3ccc(F)cc3[nH]2)c(C)c1=O. The molecule has 0 aliphatic heterocycles. The molecule has 2 heterocycles. The van der Waals surface area contributed by atoms with Crippen molar-refractivity contribution in [3.05, 3.63) is 63.1 Å². The molecule has 1 amide bonds. The lowest BCUT2D eigenvalue weighted by atomic mass is 10.1. The van der Waals surface area contributed by atoms with Crippen LogP contribution in [-0.2, 0) is 22.7 Å². The van der Waals surface area contributed by atoms with Crippen molar-refractivity contribution < 1.29 is 13.9 Å². The van der Waals surface area contributed by atoms with Crippen LogP contribution in [-0.4, -0.2) is 27.5 Å². The second-order valence-electron chi connectivity index (χ2n) is 6.02. The number of nitrogens with zero attached hydrogens (tertiary/aromatic N) is 1. The predicted molar refractivity (Wildman–Crippen MR) is 94.1 cm³/mol. The summed E-state index contributed by atoms with van der Waals surface area (Å²) in [6.07, 6.45) is 1.62. The van der Waals surface area contributed by atoms with E-state index in [0.29, 0.717) is 33.7 Å². The van der Waals surface area contributed by atoms with Gasteiger partial charge in [0.15, 0.2) is 5.43 Å². The number of H-pyrrole nitrogens is 2. The zero-order valence-electron chi connectivity index (χ0n) is 14.5. The average molecular weight is 358 g/mol. The van der Waals surface area contributed by atoms with Gasteiger partial charge in [0, 0.05) is 23.0 Å². The Balaban J connectivity index is 1.49. The predicted octanol–water partition coefficient (Wildman–Crippen LogP) is 1.84. The molecule has 2 aromatic heterocycles. The van der Waals surface area contributed by atoms with Crippen molar-refractivity contribution in [2.45, 2.75) is 27.0 Å². The van der Waals surface area contributed by atoms with E-state index in [4.69, 9.17) is 4.74 Å². The summed E-state index contributed by atoms with van der Waals surface area (Å²) in [6.45, 7) is 3.61. The number of nitrogens with one attached hydrogen (secondary N) is 3. The normalized spacial score (nSPS) is 11.0. The molecule has 0 unspecified atom stereocenters. The molecule has 136 valence electrons. The van der Waals surface area contributed by atoms with Crippen molar-refractivity contribution in [2.24, 2.45) is 0 Å². The molecular formula is C18H19FN4O3. The van der Waals surface area contributed by atoms with Crippen LogP contribution in [0.4, 0.5) is 4.39 Å². The lowest BCUT2D eigenvalue weighted by Gasteiger charge is -2.08. The lowest BCUT2D eigenvalue weighted by molar-refractivity contribution is -0.126. The Labute approximate surface area is 148 Å². The Morgan fingerprint density at radius 2 is 2.15 bits per heavy atom. The average Bonchev–Trinajstić information content (AvgIpc) is 3.01. The van der Waals surface area contributed by atoms with Gasteiger partial charge in [-0.15, -0.1) is 0 Å². The van der Waals surface area contributed by atoms with Crippen LogP contribution in [0.2, 0.25) is 0 Å². The highest BCUT2D eigenvalue weighted by Gasteiger charge is 2.08. The van der Waals surface area contributed by atoms with E-state index < -0.39 is 0 Å². The largest absolute Gasteiger partial charge is 0.364 e. The topological polar surface area (TPSA) is 99.9 Å². The van der Waals surface area contributed by atoms with Crippen molar-refractivity contribution in [1.82, 2.24) is 20.3 Å². The first-order valence-corrected chi connectivity index (χ1v) is 8.10. The fraction of sp³-hybridized carbons (Fsp3) is 0.278. The number of pyridine rings is 1. The van der Waals surface area contributed by atoms with Gasteiger partial charge in [0.2, 0.25) is 5.91 Å². The van der Waals surface area contributed by atoms with Crippen molar-refractivity contribution in [1.29, 1.82) is 0 Å². The Hall–Kier alpha value is -3.00. The first-order chi connectivity index (χ1) is 12.4. The molecule has 3 aromatic rings. The zero-order chi connectivity index (χ0) is 18.7. The number of aromatic nitrogens is 3. The number of aryl methyl sites for hydroxylation is 1. The first-order valence-electron chi connectivity index (χ1n) is 8.10. The van der Waals surface area contributed by atoms with Gasteiger partial charge >= 0.3 is 0 Å². The smallest absolute Gasteiger partial charge is 0.246 e. The number of fused-ring (bicyclic) bond motifs is 1. The van der Waals surface area contributed by atoms with Gasteiger partial charge in [-0.2, -0.15) is 0 Å². The van der Waals surface area contributed by atoms with Gasteiger partial charge in [0.25, 0.3) is 0 Å². The number of amides is 1. The fourth-order valence-corrected chi connectivity index (χ4v) is 2.57. The molecule has 0 saturated carbocycles. The maximum atomic E-state index is 13.1. The molecule has 1 aromatic carbocycles. The van der Waals surface area contributed by atoms with E-state index in [2.05, 4.69) is 20.3 Å². The minimum absolute atomic E-state index is 0.0365. The van der Waals surface area contributed by atoms with E-state index in [0.717, 1.165) is 0 Å². The summed E-state index contributed by atoms with van der Waals surface area (Å²) < 4.78 is 18.5. The highest BCUT2D eigenvalue weighted by Crippen LogP contribution is 2.13. The maximum absolute atomic E-state index is 13.1. The van der Waals surface area contributed by atoms with E-state index >= 15 is 0 Å². The number of ether oxygens (including phenoxy) is 1. The molecule has 7 nitrogen and oxygen atoms in total. The van der Waals surface area contributed by atoms with Crippen molar-refractivity contribution in [2.75, 3.05) is 6.61 Å². The molecule has 0 radical (unpaired) electrons.